The van der Waals surface area contributed by atoms with Gasteiger partial charge in [-0.05, 0) is 38.2 Å². The number of carbonyl (C=O) groups is 3. The summed E-state index contributed by atoms with van der Waals surface area (Å²) in [6.07, 6.45) is 0.370. The Balaban J connectivity index is 2.08. The lowest BCUT2D eigenvalue weighted by molar-refractivity contribution is -0.166. The molecule has 0 aromatic heterocycles. The topological polar surface area (TPSA) is 69.7 Å². The van der Waals surface area contributed by atoms with Crippen molar-refractivity contribution in [2.45, 2.75) is 65.9 Å². The summed E-state index contributed by atoms with van der Waals surface area (Å²) in [7, 11) is 0. The van der Waals surface area contributed by atoms with Crippen molar-refractivity contribution >= 4 is 17.7 Å². The van der Waals surface area contributed by atoms with Crippen LogP contribution in [-0.2, 0) is 24.5 Å². The van der Waals surface area contributed by atoms with E-state index < -0.39 is 34.3 Å². The van der Waals surface area contributed by atoms with E-state index in [1.807, 2.05) is 19.1 Å². The number of ketones is 1. The van der Waals surface area contributed by atoms with Crippen LogP contribution in [0, 0.1) is 16.7 Å². The summed E-state index contributed by atoms with van der Waals surface area (Å²) < 4.78 is 10.7. The van der Waals surface area contributed by atoms with E-state index >= 15 is 0 Å². The first-order chi connectivity index (χ1) is 12.9. The van der Waals surface area contributed by atoms with Crippen molar-refractivity contribution in [3.8, 4) is 0 Å². The number of benzene rings is 1. The van der Waals surface area contributed by atoms with Gasteiger partial charge >= 0.3 is 11.9 Å². The summed E-state index contributed by atoms with van der Waals surface area (Å²) >= 11 is 0. The van der Waals surface area contributed by atoms with Crippen LogP contribution < -0.4 is 0 Å². The van der Waals surface area contributed by atoms with E-state index in [1.54, 1.807) is 32.9 Å². The molecule has 28 heavy (non-hydrogen) atoms. The van der Waals surface area contributed by atoms with Crippen molar-refractivity contribution in [3.05, 3.63) is 35.4 Å². The molecular weight excluding hydrogens is 356 g/mol. The number of carbonyl (C=O) groups excluding carboxylic acids is 3. The third kappa shape index (κ3) is 2.41. The number of hydrogen-bond acceptors (Lipinski definition) is 5. The molecule has 5 heteroatoms. The molecule has 2 aliphatic rings. The lowest BCUT2D eigenvalue weighted by Gasteiger charge is -2.28. The van der Waals surface area contributed by atoms with Crippen LogP contribution in [0.25, 0.3) is 0 Å². The smallest absolute Gasteiger partial charge is 0.325 e. The number of ether oxygens (including phenoxy) is 2. The second-order valence-corrected chi connectivity index (χ2v) is 9.44. The summed E-state index contributed by atoms with van der Waals surface area (Å²) in [5.74, 6) is -1.99. The number of hydrogen-bond donors (Lipinski definition) is 0. The molecule has 5 nitrogen and oxygen atoms in total. The zero-order valence-corrected chi connectivity index (χ0v) is 17.8. The quantitative estimate of drug-likeness (QED) is 0.433. The van der Waals surface area contributed by atoms with Crippen LogP contribution in [0.15, 0.2) is 24.3 Å². The minimum absolute atomic E-state index is 0.0297. The molecule has 3 atom stereocenters. The largest absolute Gasteiger partial charge is 0.465 e. The van der Waals surface area contributed by atoms with Crippen molar-refractivity contribution in [2.24, 2.45) is 16.7 Å². The van der Waals surface area contributed by atoms with Gasteiger partial charge in [0.15, 0.2) is 11.2 Å². The number of rotatable bonds is 5. The molecule has 0 radical (unpaired) electrons. The molecule has 1 aliphatic carbocycles. The molecule has 0 unspecified atom stereocenters. The third-order valence-electron chi connectivity index (χ3n) is 6.49. The fraction of sp³-hybridized carbons (Fsp3) is 0.609. The molecular formula is C23H30O5. The van der Waals surface area contributed by atoms with Crippen LogP contribution in [0.2, 0.25) is 0 Å². The minimum atomic E-state index is -1.54. The Morgan fingerprint density at radius 3 is 2.14 bits per heavy atom. The van der Waals surface area contributed by atoms with E-state index in [9.17, 15) is 14.4 Å². The predicted octanol–water partition coefficient (Wildman–Crippen LogP) is 4.08. The Morgan fingerprint density at radius 2 is 1.68 bits per heavy atom. The van der Waals surface area contributed by atoms with Crippen LogP contribution in [0.4, 0.5) is 0 Å². The van der Waals surface area contributed by atoms with Gasteiger partial charge in [-0.2, -0.15) is 0 Å². The highest BCUT2D eigenvalue weighted by Gasteiger charge is 2.95. The van der Waals surface area contributed by atoms with Gasteiger partial charge in [0, 0.05) is 11.5 Å². The SMILES string of the molecule is CCOC(=O)[C@]12C(=O)OC(C)(C)[C@H]1[C@]2(CC)C(=O)c1ccc(C(C)(C)C)cc1. The van der Waals surface area contributed by atoms with Crippen LogP contribution in [-0.4, -0.2) is 29.9 Å². The molecule has 3 rings (SSSR count). The first-order valence-electron chi connectivity index (χ1n) is 9.97. The Morgan fingerprint density at radius 1 is 1.11 bits per heavy atom. The molecule has 1 saturated carbocycles. The highest BCUT2D eigenvalue weighted by Crippen LogP contribution is 2.80. The molecule has 0 bridgehead atoms. The molecule has 0 N–H and O–H groups in total. The molecule has 1 aliphatic heterocycles. The Kier molecular flexibility index (Phi) is 4.53. The van der Waals surface area contributed by atoms with Crippen LogP contribution >= 0.6 is 0 Å². The molecule has 0 amide bonds. The lowest BCUT2D eigenvalue weighted by Crippen LogP contribution is -2.40. The van der Waals surface area contributed by atoms with Gasteiger partial charge in [0.2, 0.25) is 0 Å². The van der Waals surface area contributed by atoms with E-state index in [0.29, 0.717) is 12.0 Å². The first kappa shape index (κ1) is 20.6. The van der Waals surface area contributed by atoms with E-state index in [4.69, 9.17) is 9.47 Å². The standard InChI is InChI=1S/C23H30O5/c1-8-22(16(24)14-10-12-15(13-11-14)20(3,4)5)17-21(6,7)28-19(26)23(17,22)18(25)27-9-2/h10-13,17H,8-9H2,1-7H3/t17-,22-,23-/m0/s1. The van der Waals surface area contributed by atoms with Gasteiger partial charge in [-0.3, -0.25) is 14.4 Å². The Labute approximate surface area is 166 Å². The average molecular weight is 386 g/mol. The average Bonchev–Trinajstić information content (AvgIpc) is 3.21. The summed E-state index contributed by atoms with van der Waals surface area (Å²) in [5, 5.41) is 0. The predicted molar refractivity (Wildman–Crippen MR) is 105 cm³/mol. The Bertz CT molecular complexity index is 830. The lowest BCUT2D eigenvalue weighted by atomic mass is 9.80. The van der Waals surface area contributed by atoms with Gasteiger partial charge in [-0.15, -0.1) is 0 Å². The Hall–Kier alpha value is -2.17. The molecule has 152 valence electrons. The molecule has 1 saturated heterocycles. The third-order valence-corrected chi connectivity index (χ3v) is 6.49. The van der Waals surface area contributed by atoms with E-state index in [1.165, 1.54) is 0 Å². The van der Waals surface area contributed by atoms with Gasteiger partial charge in [0.25, 0.3) is 0 Å². The van der Waals surface area contributed by atoms with Crippen molar-refractivity contribution in [3.63, 3.8) is 0 Å². The summed E-state index contributed by atoms with van der Waals surface area (Å²) in [6, 6.07) is 7.47. The maximum absolute atomic E-state index is 13.7. The molecule has 1 heterocycles. The summed E-state index contributed by atoms with van der Waals surface area (Å²) in [4.78, 5) is 39.5. The number of Topliss-reactive ketones (excluding diaryl/α,β-unsaturated/α-hetero) is 1. The fourth-order valence-electron chi connectivity index (χ4n) is 5.29. The van der Waals surface area contributed by atoms with Crippen LogP contribution in [0.1, 0.15) is 70.8 Å². The minimum Gasteiger partial charge on any atom is -0.465 e. The maximum atomic E-state index is 13.7. The molecule has 1 aromatic carbocycles. The zero-order valence-electron chi connectivity index (χ0n) is 17.8. The fourth-order valence-corrected chi connectivity index (χ4v) is 5.29. The highest BCUT2D eigenvalue weighted by molar-refractivity contribution is 6.19. The van der Waals surface area contributed by atoms with Gasteiger partial charge in [-0.25, -0.2) is 0 Å². The van der Waals surface area contributed by atoms with Gasteiger partial charge < -0.3 is 9.47 Å². The highest BCUT2D eigenvalue weighted by atomic mass is 16.6. The van der Waals surface area contributed by atoms with Gasteiger partial charge in [0.1, 0.15) is 5.60 Å². The van der Waals surface area contributed by atoms with Crippen molar-refractivity contribution < 1.29 is 23.9 Å². The van der Waals surface area contributed by atoms with E-state index in [2.05, 4.69) is 20.8 Å². The van der Waals surface area contributed by atoms with Gasteiger partial charge in [0.05, 0.1) is 12.0 Å². The molecule has 1 aromatic rings. The van der Waals surface area contributed by atoms with E-state index in [-0.39, 0.29) is 17.8 Å². The van der Waals surface area contributed by atoms with Crippen molar-refractivity contribution in [1.29, 1.82) is 0 Å². The summed E-state index contributed by atoms with van der Waals surface area (Å²) in [5.41, 5.74) is -1.97. The molecule has 0 spiro atoms. The van der Waals surface area contributed by atoms with Crippen molar-refractivity contribution in [1.82, 2.24) is 0 Å². The number of esters is 2. The van der Waals surface area contributed by atoms with Crippen molar-refractivity contribution in [2.75, 3.05) is 6.61 Å². The number of cyclic esters (lactones) is 1. The number of fused-ring (bicyclic) bond motifs is 1. The molecule has 2 fully saturated rings. The second-order valence-electron chi connectivity index (χ2n) is 9.44. The zero-order chi connectivity index (χ0) is 21.1. The normalized spacial score (nSPS) is 30.4. The second kappa shape index (κ2) is 6.16. The van der Waals surface area contributed by atoms with Crippen LogP contribution in [0.5, 0.6) is 0 Å². The maximum Gasteiger partial charge on any atom is 0.325 e. The first-order valence-corrected chi connectivity index (χ1v) is 9.97. The van der Waals surface area contributed by atoms with E-state index in [0.717, 1.165) is 5.56 Å². The van der Waals surface area contributed by atoms with Gasteiger partial charge in [-0.1, -0.05) is 52.0 Å². The monoisotopic (exact) mass is 386 g/mol. The van der Waals surface area contributed by atoms with Crippen LogP contribution in [0.3, 0.4) is 0 Å². The summed E-state index contributed by atoms with van der Waals surface area (Å²) in [6.45, 7) is 13.6.